The van der Waals surface area contributed by atoms with E-state index in [9.17, 15) is 19.8 Å². The molecule has 0 aliphatic carbocycles. The molecule has 2 aromatic rings. The first-order valence-electron chi connectivity index (χ1n) is 7.21. The van der Waals surface area contributed by atoms with Crippen molar-refractivity contribution < 1.29 is 19.8 Å². The van der Waals surface area contributed by atoms with Crippen molar-refractivity contribution in [1.82, 2.24) is 10.6 Å². The molecule has 0 unspecified atom stereocenters. The van der Waals surface area contributed by atoms with Gasteiger partial charge in [-0.3, -0.25) is 9.59 Å². The Hall–Kier alpha value is -3.02. The molecular weight excluding hydrogens is 296 g/mol. The average molecular weight is 314 g/mol. The number of hydrogen-bond acceptors (Lipinski definition) is 4. The zero-order valence-electron chi connectivity index (χ0n) is 12.5. The molecule has 6 heteroatoms. The highest BCUT2D eigenvalue weighted by Gasteiger charge is 2.09. The van der Waals surface area contributed by atoms with Gasteiger partial charge in [-0.05, 0) is 36.8 Å². The maximum absolute atomic E-state index is 11.8. The molecule has 0 aromatic heterocycles. The summed E-state index contributed by atoms with van der Waals surface area (Å²) in [6, 6.07) is 12.4. The number of phenolic OH excluding ortho intramolecular Hbond substituents is 2. The van der Waals surface area contributed by atoms with E-state index in [-0.39, 0.29) is 28.9 Å². The molecular formula is C17H18N2O4. The molecule has 0 spiro atoms. The van der Waals surface area contributed by atoms with Gasteiger partial charge in [0.15, 0.2) is 0 Å². The Morgan fingerprint density at radius 1 is 0.870 bits per heavy atom. The fraction of sp³-hybridized carbons (Fsp3) is 0.176. The van der Waals surface area contributed by atoms with Crippen molar-refractivity contribution in [3.63, 3.8) is 0 Å². The van der Waals surface area contributed by atoms with Gasteiger partial charge >= 0.3 is 0 Å². The van der Waals surface area contributed by atoms with Crippen LogP contribution >= 0.6 is 0 Å². The zero-order valence-corrected chi connectivity index (χ0v) is 12.5. The van der Waals surface area contributed by atoms with Crippen LogP contribution in [0.4, 0.5) is 0 Å². The Kier molecular flexibility index (Phi) is 5.57. The molecule has 0 radical (unpaired) electrons. The normalized spacial score (nSPS) is 10.1. The second-order valence-electron chi connectivity index (χ2n) is 4.93. The molecule has 23 heavy (non-hydrogen) atoms. The number of carbonyl (C=O) groups is 2. The number of rotatable bonds is 6. The third-order valence-electron chi connectivity index (χ3n) is 3.18. The summed E-state index contributed by atoms with van der Waals surface area (Å²) in [5.41, 5.74) is 0.597. The standard InChI is InChI=1S/C17H18N2O4/c20-13-6-3-5-12(11-13)16(22)18-9-4-10-19-17(23)14-7-1-2-8-15(14)21/h1-3,5-8,11,20-21H,4,9-10H2,(H,18,22)(H,19,23). The molecule has 2 amide bonds. The van der Waals surface area contributed by atoms with Gasteiger partial charge in [0.2, 0.25) is 0 Å². The molecule has 4 N–H and O–H groups in total. The molecule has 2 rings (SSSR count). The van der Waals surface area contributed by atoms with E-state index in [0.29, 0.717) is 25.1 Å². The van der Waals surface area contributed by atoms with Crippen LogP contribution in [-0.4, -0.2) is 35.1 Å². The summed E-state index contributed by atoms with van der Waals surface area (Å²) in [5, 5.41) is 24.3. The number of phenols is 2. The van der Waals surface area contributed by atoms with E-state index in [0.717, 1.165) is 0 Å². The molecule has 0 fully saturated rings. The minimum atomic E-state index is -0.359. The van der Waals surface area contributed by atoms with Crippen LogP contribution in [0.15, 0.2) is 48.5 Å². The van der Waals surface area contributed by atoms with Gasteiger partial charge in [-0.15, -0.1) is 0 Å². The molecule has 0 bridgehead atoms. The van der Waals surface area contributed by atoms with Gasteiger partial charge < -0.3 is 20.8 Å². The number of amides is 2. The van der Waals surface area contributed by atoms with Crippen molar-refractivity contribution >= 4 is 11.8 Å². The summed E-state index contributed by atoms with van der Waals surface area (Å²) in [6.45, 7) is 0.753. The van der Waals surface area contributed by atoms with E-state index >= 15 is 0 Å². The third kappa shape index (κ3) is 4.74. The first-order valence-corrected chi connectivity index (χ1v) is 7.21. The van der Waals surface area contributed by atoms with Crippen LogP contribution < -0.4 is 10.6 Å². The summed E-state index contributed by atoms with van der Waals surface area (Å²) >= 11 is 0. The molecule has 0 heterocycles. The Labute approximate surface area is 133 Å². The van der Waals surface area contributed by atoms with Crippen molar-refractivity contribution in [3.8, 4) is 11.5 Å². The smallest absolute Gasteiger partial charge is 0.255 e. The Morgan fingerprint density at radius 2 is 1.57 bits per heavy atom. The fourth-order valence-electron chi connectivity index (χ4n) is 2.00. The molecule has 0 aliphatic rings. The number of hydrogen-bond donors (Lipinski definition) is 4. The first kappa shape index (κ1) is 16.4. The summed E-state index contributed by atoms with van der Waals surface area (Å²) in [7, 11) is 0. The van der Waals surface area contributed by atoms with E-state index < -0.39 is 0 Å². The average Bonchev–Trinajstić information content (AvgIpc) is 2.54. The minimum absolute atomic E-state index is 0.0348. The molecule has 0 atom stereocenters. The van der Waals surface area contributed by atoms with Crippen LogP contribution in [0, 0.1) is 0 Å². The van der Waals surface area contributed by atoms with Crippen LogP contribution in [0.5, 0.6) is 11.5 Å². The highest BCUT2D eigenvalue weighted by Crippen LogP contribution is 2.14. The largest absolute Gasteiger partial charge is 0.508 e. The number of benzene rings is 2. The fourth-order valence-corrected chi connectivity index (χ4v) is 2.00. The highest BCUT2D eigenvalue weighted by molar-refractivity contribution is 5.96. The maximum Gasteiger partial charge on any atom is 0.255 e. The van der Waals surface area contributed by atoms with Crippen LogP contribution in [0.25, 0.3) is 0 Å². The summed E-state index contributed by atoms with van der Waals surface area (Å²) in [6.07, 6.45) is 0.546. The van der Waals surface area contributed by atoms with E-state index in [1.807, 2.05) is 0 Å². The topological polar surface area (TPSA) is 98.7 Å². The predicted molar refractivity (Wildman–Crippen MR) is 85.5 cm³/mol. The van der Waals surface area contributed by atoms with Crippen molar-refractivity contribution in [2.75, 3.05) is 13.1 Å². The van der Waals surface area contributed by atoms with Gasteiger partial charge in [-0.25, -0.2) is 0 Å². The Bertz CT molecular complexity index is 700. The lowest BCUT2D eigenvalue weighted by Gasteiger charge is -2.08. The van der Waals surface area contributed by atoms with Gasteiger partial charge in [0.1, 0.15) is 11.5 Å². The quantitative estimate of drug-likeness (QED) is 0.609. The minimum Gasteiger partial charge on any atom is -0.508 e. The lowest BCUT2D eigenvalue weighted by Crippen LogP contribution is -2.29. The van der Waals surface area contributed by atoms with Crippen molar-refractivity contribution in [2.24, 2.45) is 0 Å². The van der Waals surface area contributed by atoms with Gasteiger partial charge in [-0.1, -0.05) is 18.2 Å². The monoisotopic (exact) mass is 314 g/mol. The van der Waals surface area contributed by atoms with E-state index in [4.69, 9.17) is 0 Å². The lowest BCUT2D eigenvalue weighted by atomic mass is 10.2. The van der Waals surface area contributed by atoms with E-state index in [2.05, 4.69) is 10.6 Å². The van der Waals surface area contributed by atoms with Gasteiger partial charge in [-0.2, -0.15) is 0 Å². The predicted octanol–water partition coefficient (Wildman–Crippen LogP) is 1.65. The highest BCUT2D eigenvalue weighted by atomic mass is 16.3. The third-order valence-corrected chi connectivity index (χ3v) is 3.18. The summed E-state index contributed by atoms with van der Waals surface area (Å²) in [4.78, 5) is 23.7. The van der Waals surface area contributed by atoms with Gasteiger partial charge in [0, 0.05) is 18.7 Å². The van der Waals surface area contributed by atoms with Crippen LogP contribution in [-0.2, 0) is 0 Å². The Morgan fingerprint density at radius 3 is 2.26 bits per heavy atom. The van der Waals surface area contributed by atoms with Gasteiger partial charge in [0.05, 0.1) is 5.56 Å². The van der Waals surface area contributed by atoms with Crippen LogP contribution in [0.3, 0.4) is 0 Å². The lowest BCUT2D eigenvalue weighted by molar-refractivity contribution is 0.0950. The van der Waals surface area contributed by atoms with E-state index in [1.54, 1.807) is 24.3 Å². The SMILES string of the molecule is O=C(NCCCNC(=O)c1ccccc1O)c1cccc(O)c1. The van der Waals surface area contributed by atoms with E-state index in [1.165, 1.54) is 24.3 Å². The number of aromatic hydroxyl groups is 2. The van der Waals surface area contributed by atoms with Crippen LogP contribution in [0.2, 0.25) is 0 Å². The maximum atomic E-state index is 11.8. The Balaban J connectivity index is 1.71. The number of carbonyl (C=O) groups excluding carboxylic acids is 2. The number of nitrogens with one attached hydrogen (secondary N) is 2. The summed E-state index contributed by atoms with van der Waals surface area (Å²) < 4.78 is 0. The molecule has 0 aliphatic heterocycles. The molecule has 0 saturated carbocycles. The van der Waals surface area contributed by atoms with Crippen LogP contribution in [0.1, 0.15) is 27.1 Å². The molecule has 120 valence electrons. The number of para-hydroxylation sites is 1. The summed E-state index contributed by atoms with van der Waals surface area (Å²) in [5.74, 6) is -0.676. The van der Waals surface area contributed by atoms with Crippen molar-refractivity contribution in [2.45, 2.75) is 6.42 Å². The molecule has 0 saturated heterocycles. The zero-order chi connectivity index (χ0) is 16.7. The molecule has 6 nitrogen and oxygen atoms in total. The molecule has 2 aromatic carbocycles. The first-order chi connectivity index (χ1) is 11.1. The van der Waals surface area contributed by atoms with Crippen molar-refractivity contribution in [1.29, 1.82) is 0 Å². The van der Waals surface area contributed by atoms with Crippen molar-refractivity contribution in [3.05, 3.63) is 59.7 Å². The van der Waals surface area contributed by atoms with Gasteiger partial charge in [0.25, 0.3) is 11.8 Å². The second-order valence-corrected chi connectivity index (χ2v) is 4.93. The second kappa shape index (κ2) is 7.84.